The molecule has 1 aliphatic rings. The molecule has 1 aliphatic heterocycles. The number of thioether (sulfide) groups is 1. The highest BCUT2D eigenvalue weighted by Gasteiger charge is 2.33. The molecule has 5 N–H and O–H groups in total. The van der Waals surface area contributed by atoms with Crippen molar-refractivity contribution < 1.29 is 23.8 Å². The molecule has 0 spiro atoms. The SMILES string of the molecule is CCOc1ccc(C(N=C2NC(=O)C(CC(=O)Nc3ccc(F)cc3)S2)c2c(O)[nH]c(=O)[nH]c2=O)cc1. The Morgan fingerprint density at radius 1 is 1.14 bits per heavy atom. The predicted molar refractivity (Wildman–Crippen MR) is 135 cm³/mol. The molecule has 2 atom stereocenters. The van der Waals surface area contributed by atoms with E-state index < -0.39 is 46.1 Å². The number of rotatable bonds is 8. The maximum atomic E-state index is 13.1. The molecule has 2 amide bonds. The van der Waals surface area contributed by atoms with Crippen molar-refractivity contribution in [2.75, 3.05) is 11.9 Å². The fraction of sp³-hybridized carbons (Fsp3) is 0.208. The van der Waals surface area contributed by atoms with E-state index in [-0.39, 0.29) is 17.2 Å². The number of aromatic nitrogens is 2. The number of nitrogens with one attached hydrogen (secondary N) is 4. The maximum absolute atomic E-state index is 13.1. The highest BCUT2D eigenvalue weighted by atomic mass is 32.2. The van der Waals surface area contributed by atoms with Crippen LogP contribution in [0.25, 0.3) is 0 Å². The predicted octanol–water partition coefficient (Wildman–Crippen LogP) is 2.01. The summed E-state index contributed by atoms with van der Waals surface area (Å²) in [6.07, 6.45) is -0.189. The lowest BCUT2D eigenvalue weighted by molar-refractivity contribution is -0.122. The highest BCUT2D eigenvalue weighted by Crippen LogP contribution is 2.32. The summed E-state index contributed by atoms with van der Waals surface area (Å²) in [5.41, 5.74) is -1.12. The van der Waals surface area contributed by atoms with Crippen LogP contribution in [-0.2, 0) is 9.59 Å². The Morgan fingerprint density at radius 3 is 2.49 bits per heavy atom. The van der Waals surface area contributed by atoms with Gasteiger partial charge in [0.2, 0.25) is 17.7 Å². The van der Waals surface area contributed by atoms with E-state index in [1.807, 2.05) is 6.92 Å². The number of aromatic amines is 2. The summed E-state index contributed by atoms with van der Waals surface area (Å²) in [5, 5.41) is 14.8. The van der Waals surface area contributed by atoms with Crippen LogP contribution < -0.4 is 26.6 Å². The van der Waals surface area contributed by atoms with Gasteiger partial charge in [-0.2, -0.15) is 0 Å². The molecule has 0 saturated carbocycles. The van der Waals surface area contributed by atoms with Gasteiger partial charge in [0.15, 0.2) is 5.17 Å². The zero-order valence-electron chi connectivity index (χ0n) is 19.4. The lowest BCUT2D eigenvalue weighted by Gasteiger charge is -2.15. The topological polar surface area (TPSA) is 166 Å². The minimum Gasteiger partial charge on any atom is -0.494 e. The van der Waals surface area contributed by atoms with E-state index in [0.717, 1.165) is 11.8 Å². The van der Waals surface area contributed by atoms with Gasteiger partial charge in [0, 0.05) is 12.1 Å². The quantitative estimate of drug-likeness (QED) is 0.299. The monoisotopic (exact) mass is 527 g/mol. The lowest BCUT2D eigenvalue weighted by atomic mass is 10.0. The van der Waals surface area contributed by atoms with E-state index in [1.54, 1.807) is 24.3 Å². The second kappa shape index (κ2) is 11.1. The Kier molecular flexibility index (Phi) is 7.72. The number of halogens is 1. The molecule has 0 aliphatic carbocycles. The van der Waals surface area contributed by atoms with Crippen LogP contribution in [0.4, 0.5) is 10.1 Å². The highest BCUT2D eigenvalue weighted by molar-refractivity contribution is 8.15. The molecule has 37 heavy (non-hydrogen) atoms. The molecule has 2 aromatic carbocycles. The molecule has 1 saturated heterocycles. The van der Waals surface area contributed by atoms with Gasteiger partial charge in [0.05, 0.1) is 6.61 Å². The maximum Gasteiger partial charge on any atom is 0.328 e. The van der Waals surface area contributed by atoms with E-state index in [1.165, 1.54) is 24.3 Å². The second-order valence-corrected chi connectivity index (χ2v) is 9.06. The minimum atomic E-state index is -1.11. The summed E-state index contributed by atoms with van der Waals surface area (Å²) < 4.78 is 18.5. The molecular formula is C24H22FN5O6S. The number of ether oxygens (including phenoxy) is 1. The molecular weight excluding hydrogens is 505 g/mol. The third kappa shape index (κ3) is 6.25. The number of carbonyl (C=O) groups is 2. The first kappa shape index (κ1) is 25.7. The van der Waals surface area contributed by atoms with Gasteiger partial charge in [-0.25, -0.2) is 14.2 Å². The van der Waals surface area contributed by atoms with Crippen LogP contribution in [0, 0.1) is 5.82 Å². The van der Waals surface area contributed by atoms with Crippen molar-refractivity contribution >= 4 is 34.4 Å². The number of hydrogen-bond acceptors (Lipinski definition) is 8. The van der Waals surface area contributed by atoms with Gasteiger partial charge in [-0.05, 0) is 48.9 Å². The molecule has 11 nitrogen and oxygen atoms in total. The van der Waals surface area contributed by atoms with Crippen LogP contribution in [0.5, 0.6) is 11.6 Å². The third-order valence-corrected chi connectivity index (χ3v) is 6.36. The van der Waals surface area contributed by atoms with Gasteiger partial charge < -0.3 is 20.5 Å². The van der Waals surface area contributed by atoms with Gasteiger partial charge >= 0.3 is 5.69 Å². The second-order valence-electron chi connectivity index (χ2n) is 7.86. The summed E-state index contributed by atoms with van der Waals surface area (Å²) >= 11 is 0.982. The molecule has 3 aromatic rings. The Bertz CT molecular complexity index is 1450. The Hall–Kier alpha value is -4.39. The zero-order valence-corrected chi connectivity index (χ0v) is 20.2. The summed E-state index contributed by atoms with van der Waals surface area (Å²) in [5.74, 6) is -1.46. The average molecular weight is 528 g/mol. The lowest BCUT2D eigenvalue weighted by Crippen LogP contribution is -2.29. The normalized spacial score (nSPS) is 16.9. The van der Waals surface area contributed by atoms with Crippen LogP contribution in [-0.4, -0.2) is 43.9 Å². The van der Waals surface area contributed by atoms with E-state index in [9.17, 15) is 28.7 Å². The number of carbonyl (C=O) groups excluding carboxylic acids is 2. The molecule has 2 unspecified atom stereocenters. The van der Waals surface area contributed by atoms with Crippen molar-refractivity contribution in [1.29, 1.82) is 0 Å². The van der Waals surface area contributed by atoms with Gasteiger partial charge in [0.1, 0.15) is 28.4 Å². The standard InChI is InChI=1S/C24H22FN5O6S/c1-2-36-15-9-3-12(4-10-15)19(18-21(33)28-23(35)29-22(18)34)27-24-30-20(32)16(37-24)11-17(31)26-14-7-5-13(25)6-8-14/h3-10,16,19H,2,11H2,1H3,(H,26,31)(H,27,30,32)(H3,28,29,33,34,35). The van der Waals surface area contributed by atoms with E-state index in [2.05, 4.69) is 25.6 Å². The summed E-state index contributed by atoms with van der Waals surface area (Å²) in [4.78, 5) is 57.8. The van der Waals surface area contributed by atoms with Crippen molar-refractivity contribution in [2.24, 2.45) is 4.99 Å². The van der Waals surface area contributed by atoms with Crippen molar-refractivity contribution in [3.05, 3.63) is 86.3 Å². The number of anilines is 1. The molecule has 192 valence electrons. The third-order valence-electron chi connectivity index (χ3n) is 5.26. The molecule has 0 radical (unpaired) electrons. The Balaban J connectivity index is 1.59. The molecule has 2 heterocycles. The van der Waals surface area contributed by atoms with Crippen molar-refractivity contribution in [3.8, 4) is 11.6 Å². The number of hydrogen-bond donors (Lipinski definition) is 5. The van der Waals surface area contributed by atoms with Crippen molar-refractivity contribution in [1.82, 2.24) is 15.3 Å². The van der Waals surface area contributed by atoms with Crippen LogP contribution in [0.15, 0.2) is 63.1 Å². The number of amides is 2. The fourth-order valence-electron chi connectivity index (χ4n) is 3.59. The molecule has 0 bridgehead atoms. The molecule has 13 heteroatoms. The van der Waals surface area contributed by atoms with Crippen molar-refractivity contribution in [3.63, 3.8) is 0 Å². The summed E-state index contributed by atoms with van der Waals surface area (Å²) in [7, 11) is 0. The minimum absolute atomic E-state index is 0.119. The molecule has 4 rings (SSSR count). The van der Waals surface area contributed by atoms with Crippen LogP contribution in [0.2, 0.25) is 0 Å². The first-order chi connectivity index (χ1) is 17.7. The zero-order chi connectivity index (χ0) is 26.5. The number of aliphatic imine (C=N–C) groups is 1. The van der Waals surface area contributed by atoms with Crippen LogP contribution >= 0.6 is 11.8 Å². The van der Waals surface area contributed by atoms with Crippen molar-refractivity contribution in [2.45, 2.75) is 24.6 Å². The van der Waals surface area contributed by atoms with Gasteiger partial charge in [0.25, 0.3) is 5.56 Å². The average Bonchev–Trinajstić information content (AvgIpc) is 3.18. The van der Waals surface area contributed by atoms with E-state index in [0.29, 0.717) is 23.6 Å². The largest absolute Gasteiger partial charge is 0.494 e. The number of amidine groups is 1. The van der Waals surface area contributed by atoms with E-state index >= 15 is 0 Å². The summed E-state index contributed by atoms with van der Waals surface area (Å²) in [6.45, 7) is 2.28. The summed E-state index contributed by atoms with van der Waals surface area (Å²) in [6, 6.07) is 10.7. The first-order valence-corrected chi connectivity index (χ1v) is 12.0. The number of H-pyrrole nitrogens is 2. The van der Waals surface area contributed by atoms with Gasteiger partial charge in [-0.15, -0.1) is 0 Å². The Labute approximate surface area is 213 Å². The van der Waals surface area contributed by atoms with Crippen LogP contribution in [0.3, 0.4) is 0 Å². The molecule has 1 aromatic heterocycles. The number of nitrogens with zero attached hydrogens (tertiary/aromatic N) is 1. The van der Waals surface area contributed by atoms with Crippen LogP contribution in [0.1, 0.15) is 30.5 Å². The number of aromatic hydroxyl groups is 1. The molecule has 1 fully saturated rings. The smallest absolute Gasteiger partial charge is 0.328 e. The Morgan fingerprint density at radius 2 is 1.84 bits per heavy atom. The van der Waals surface area contributed by atoms with Gasteiger partial charge in [-0.1, -0.05) is 23.9 Å². The first-order valence-electron chi connectivity index (χ1n) is 11.1. The number of benzene rings is 2. The van der Waals surface area contributed by atoms with E-state index in [4.69, 9.17) is 4.74 Å². The van der Waals surface area contributed by atoms with Gasteiger partial charge in [-0.3, -0.25) is 24.4 Å². The fourth-order valence-corrected chi connectivity index (χ4v) is 4.58.